The first kappa shape index (κ1) is 11.9. The molecule has 0 aromatic carbocycles. The van der Waals surface area contributed by atoms with Crippen molar-refractivity contribution in [2.24, 2.45) is 0 Å². The summed E-state index contributed by atoms with van der Waals surface area (Å²) < 4.78 is 0. The van der Waals surface area contributed by atoms with Crippen LogP contribution in [0, 0.1) is 0 Å². The van der Waals surface area contributed by atoms with Crippen molar-refractivity contribution < 1.29 is 15.0 Å². The second-order valence-electron chi connectivity index (χ2n) is 2.39. The zero-order chi connectivity index (χ0) is 9.56. The summed E-state index contributed by atoms with van der Waals surface area (Å²) in [7, 11) is 0. The Bertz CT molecular complexity index is 135. The smallest absolute Gasteiger partial charge is 0.236 e. The molecule has 4 nitrogen and oxygen atoms in total. The van der Waals surface area contributed by atoms with Gasteiger partial charge in [0.05, 0.1) is 18.0 Å². The van der Waals surface area contributed by atoms with Gasteiger partial charge in [-0.25, -0.2) is 0 Å². The van der Waals surface area contributed by atoms with Crippen LogP contribution in [-0.2, 0) is 4.79 Å². The highest BCUT2D eigenvalue weighted by Gasteiger charge is 2.16. The maximum atomic E-state index is 11.3. The Balaban J connectivity index is 3.99. The maximum Gasteiger partial charge on any atom is 0.236 e. The van der Waals surface area contributed by atoms with Crippen molar-refractivity contribution in [1.29, 1.82) is 0 Å². The van der Waals surface area contributed by atoms with Crippen LogP contribution in [0.3, 0.4) is 0 Å². The van der Waals surface area contributed by atoms with Gasteiger partial charge < -0.3 is 15.1 Å². The fourth-order valence-corrected chi connectivity index (χ4v) is 1.11. The second-order valence-corrected chi connectivity index (χ2v) is 3.76. The third-order valence-corrected chi connectivity index (χ3v) is 1.78. The molecule has 0 aliphatic carbocycles. The number of carbonyl (C=O) groups is 1. The maximum absolute atomic E-state index is 11.3. The Morgan fingerprint density at radius 3 is 2.08 bits per heavy atom. The third-order valence-electron chi connectivity index (χ3n) is 1.39. The minimum Gasteiger partial charge on any atom is -0.395 e. The lowest BCUT2D eigenvalue weighted by molar-refractivity contribution is -0.131. The average Bonchev–Trinajstić information content (AvgIpc) is 2.03. The van der Waals surface area contributed by atoms with Crippen LogP contribution in [0.5, 0.6) is 0 Å². The van der Waals surface area contributed by atoms with E-state index in [0.717, 1.165) is 0 Å². The molecule has 0 aliphatic heterocycles. The molecule has 0 rings (SSSR count). The number of hydrogen-bond donors (Lipinski definition) is 2. The summed E-state index contributed by atoms with van der Waals surface area (Å²) in [5, 5.41) is 17.2. The Labute approximate surface area is 80.3 Å². The van der Waals surface area contributed by atoms with Crippen molar-refractivity contribution in [3.63, 3.8) is 0 Å². The number of rotatable bonds is 5. The molecule has 1 atom stereocenters. The van der Waals surface area contributed by atoms with E-state index < -0.39 is 0 Å². The molecule has 1 unspecified atom stereocenters. The first-order valence-corrected chi connectivity index (χ1v) is 4.69. The van der Waals surface area contributed by atoms with Gasteiger partial charge in [0.2, 0.25) is 5.91 Å². The van der Waals surface area contributed by atoms with Gasteiger partial charge in [-0.3, -0.25) is 4.79 Å². The lowest BCUT2D eigenvalue weighted by Gasteiger charge is -2.21. The van der Waals surface area contributed by atoms with Crippen LogP contribution < -0.4 is 0 Å². The van der Waals surface area contributed by atoms with E-state index in [4.69, 9.17) is 10.2 Å². The number of aliphatic hydroxyl groups is 2. The predicted molar refractivity (Wildman–Crippen MR) is 49.1 cm³/mol. The van der Waals surface area contributed by atoms with Gasteiger partial charge in [0.1, 0.15) is 0 Å². The fourth-order valence-electron chi connectivity index (χ4n) is 0.825. The van der Waals surface area contributed by atoms with Crippen molar-refractivity contribution in [2.75, 3.05) is 26.3 Å². The Hall–Kier alpha value is -0.130. The van der Waals surface area contributed by atoms with Gasteiger partial charge in [0.15, 0.2) is 0 Å². The number of halogens is 1. The SMILES string of the molecule is CC(Br)C(=O)N(CCO)CCO. The molecule has 0 aromatic heterocycles. The first-order chi connectivity index (χ1) is 5.63. The van der Waals surface area contributed by atoms with Gasteiger partial charge in [-0.1, -0.05) is 15.9 Å². The summed E-state index contributed by atoms with van der Waals surface area (Å²) in [6.45, 7) is 2.10. The van der Waals surface area contributed by atoms with E-state index in [0.29, 0.717) is 0 Å². The molecule has 0 saturated heterocycles. The van der Waals surface area contributed by atoms with Gasteiger partial charge in [-0.2, -0.15) is 0 Å². The number of alkyl halides is 1. The molecule has 0 heterocycles. The summed E-state index contributed by atoms with van der Waals surface area (Å²) in [5.41, 5.74) is 0. The number of hydrogen-bond acceptors (Lipinski definition) is 3. The molecule has 0 fully saturated rings. The predicted octanol–water partition coefficient (Wildman–Crippen LogP) is -0.417. The van der Waals surface area contributed by atoms with Crippen molar-refractivity contribution >= 4 is 21.8 Å². The molecule has 0 aromatic rings. The van der Waals surface area contributed by atoms with E-state index in [-0.39, 0.29) is 37.0 Å². The fraction of sp³-hybridized carbons (Fsp3) is 0.857. The number of carbonyl (C=O) groups excluding carboxylic acids is 1. The number of aliphatic hydroxyl groups excluding tert-OH is 2. The quantitative estimate of drug-likeness (QED) is 0.642. The summed E-state index contributed by atoms with van der Waals surface area (Å²) in [5.74, 6) is -0.113. The highest BCUT2D eigenvalue weighted by atomic mass is 79.9. The minimum absolute atomic E-state index is 0.0779. The topological polar surface area (TPSA) is 60.8 Å². The molecular formula is C7H14BrNO3. The molecule has 0 saturated carbocycles. The van der Waals surface area contributed by atoms with E-state index in [2.05, 4.69) is 15.9 Å². The summed E-state index contributed by atoms with van der Waals surface area (Å²) in [4.78, 5) is 12.4. The Kier molecular flexibility index (Phi) is 6.32. The van der Waals surface area contributed by atoms with Crippen LogP contribution in [-0.4, -0.2) is 52.2 Å². The first-order valence-electron chi connectivity index (χ1n) is 3.78. The minimum atomic E-state index is -0.268. The van der Waals surface area contributed by atoms with E-state index in [1.807, 2.05) is 0 Å². The average molecular weight is 240 g/mol. The largest absolute Gasteiger partial charge is 0.395 e. The van der Waals surface area contributed by atoms with Gasteiger partial charge >= 0.3 is 0 Å². The zero-order valence-electron chi connectivity index (χ0n) is 7.03. The number of nitrogens with zero attached hydrogens (tertiary/aromatic N) is 1. The monoisotopic (exact) mass is 239 g/mol. The molecule has 0 aliphatic rings. The molecule has 0 spiro atoms. The van der Waals surface area contributed by atoms with E-state index >= 15 is 0 Å². The molecular weight excluding hydrogens is 226 g/mol. The standard InChI is InChI=1S/C7H14BrNO3/c1-6(8)7(12)9(2-4-10)3-5-11/h6,10-11H,2-5H2,1H3. The number of amides is 1. The van der Waals surface area contributed by atoms with Crippen LogP contribution in [0.2, 0.25) is 0 Å². The van der Waals surface area contributed by atoms with E-state index in [9.17, 15) is 4.79 Å². The lowest BCUT2D eigenvalue weighted by Crippen LogP contribution is -2.39. The molecule has 72 valence electrons. The van der Waals surface area contributed by atoms with Crippen molar-refractivity contribution in [1.82, 2.24) is 4.90 Å². The molecule has 0 bridgehead atoms. The van der Waals surface area contributed by atoms with Crippen LogP contribution in [0.15, 0.2) is 0 Å². The van der Waals surface area contributed by atoms with Crippen LogP contribution in [0.1, 0.15) is 6.92 Å². The highest BCUT2D eigenvalue weighted by Crippen LogP contribution is 2.03. The molecule has 12 heavy (non-hydrogen) atoms. The van der Waals surface area contributed by atoms with Gasteiger partial charge in [0, 0.05) is 13.1 Å². The highest BCUT2D eigenvalue weighted by molar-refractivity contribution is 9.10. The zero-order valence-corrected chi connectivity index (χ0v) is 8.62. The van der Waals surface area contributed by atoms with Crippen molar-refractivity contribution in [3.05, 3.63) is 0 Å². The van der Waals surface area contributed by atoms with Crippen LogP contribution in [0.25, 0.3) is 0 Å². The summed E-state index contributed by atoms with van der Waals surface area (Å²) >= 11 is 3.13. The third kappa shape index (κ3) is 4.04. The Morgan fingerprint density at radius 2 is 1.83 bits per heavy atom. The molecule has 1 amide bonds. The van der Waals surface area contributed by atoms with Crippen LogP contribution >= 0.6 is 15.9 Å². The summed E-state index contributed by atoms with van der Waals surface area (Å²) in [6, 6.07) is 0. The summed E-state index contributed by atoms with van der Waals surface area (Å²) in [6.07, 6.45) is 0. The van der Waals surface area contributed by atoms with Gasteiger partial charge in [0.25, 0.3) is 0 Å². The molecule has 0 radical (unpaired) electrons. The normalized spacial score (nSPS) is 12.7. The van der Waals surface area contributed by atoms with E-state index in [1.54, 1.807) is 6.92 Å². The van der Waals surface area contributed by atoms with Crippen LogP contribution in [0.4, 0.5) is 0 Å². The van der Waals surface area contributed by atoms with Crippen molar-refractivity contribution in [3.8, 4) is 0 Å². The van der Waals surface area contributed by atoms with Gasteiger partial charge in [-0.05, 0) is 6.92 Å². The molecule has 5 heteroatoms. The second kappa shape index (κ2) is 6.39. The van der Waals surface area contributed by atoms with Crippen molar-refractivity contribution in [2.45, 2.75) is 11.8 Å². The Morgan fingerprint density at radius 1 is 1.42 bits per heavy atom. The lowest BCUT2D eigenvalue weighted by atomic mass is 10.4. The van der Waals surface area contributed by atoms with Gasteiger partial charge in [-0.15, -0.1) is 0 Å². The van der Waals surface area contributed by atoms with E-state index in [1.165, 1.54) is 4.90 Å². The molecule has 2 N–H and O–H groups in total.